The summed E-state index contributed by atoms with van der Waals surface area (Å²) in [5, 5.41) is 0. The number of halogens is 2. The van der Waals surface area contributed by atoms with Gasteiger partial charge in [-0.15, -0.1) is 0 Å². The number of aromatic nitrogens is 2. The van der Waals surface area contributed by atoms with Crippen LogP contribution in [0.5, 0.6) is 5.75 Å². The molecule has 2 rings (SSSR count). The van der Waals surface area contributed by atoms with Gasteiger partial charge in [-0.2, -0.15) is 8.78 Å². The lowest BCUT2D eigenvalue weighted by Crippen LogP contribution is -2.13. The van der Waals surface area contributed by atoms with E-state index in [0.29, 0.717) is 5.69 Å². The number of benzene rings is 1. The van der Waals surface area contributed by atoms with Gasteiger partial charge < -0.3 is 10.5 Å². The Bertz CT molecular complexity index is 490. The van der Waals surface area contributed by atoms with Crippen LogP contribution in [-0.2, 0) is 0 Å². The van der Waals surface area contributed by atoms with Crippen LogP contribution in [0.2, 0.25) is 0 Å². The Hall–Kier alpha value is -2.08. The topological polar surface area (TPSA) is 61.0 Å². The van der Waals surface area contributed by atoms with Crippen molar-refractivity contribution in [1.82, 2.24) is 9.97 Å². The average Bonchev–Trinajstić information content (AvgIpc) is 2.39. The number of alkyl halides is 2. The van der Waals surface area contributed by atoms with Gasteiger partial charge in [0.05, 0.1) is 17.9 Å². The highest BCUT2D eigenvalue weighted by Crippen LogP contribution is 2.21. The molecule has 6 heteroatoms. The second-order valence-electron chi connectivity index (χ2n) is 3.56. The molecule has 0 aliphatic rings. The van der Waals surface area contributed by atoms with E-state index >= 15 is 0 Å². The summed E-state index contributed by atoms with van der Waals surface area (Å²) in [7, 11) is 0. The summed E-state index contributed by atoms with van der Waals surface area (Å²) in [4.78, 5) is 8.01. The zero-order valence-electron chi connectivity index (χ0n) is 9.33. The molecule has 0 aliphatic carbocycles. The first-order chi connectivity index (χ1) is 8.66. The van der Waals surface area contributed by atoms with E-state index in [1.165, 1.54) is 12.1 Å². The molecule has 0 bridgehead atoms. The van der Waals surface area contributed by atoms with Crippen molar-refractivity contribution < 1.29 is 13.5 Å². The van der Waals surface area contributed by atoms with Crippen LogP contribution in [0.25, 0.3) is 0 Å². The molecule has 0 spiro atoms. The number of hydrogen-bond acceptors (Lipinski definition) is 4. The molecule has 0 radical (unpaired) electrons. The van der Waals surface area contributed by atoms with Gasteiger partial charge in [0.25, 0.3) is 0 Å². The Morgan fingerprint density at radius 1 is 1.11 bits per heavy atom. The third-order valence-corrected chi connectivity index (χ3v) is 2.37. The molecular weight excluding hydrogens is 240 g/mol. The smallest absolute Gasteiger partial charge is 0.387 e. The molecule has 1 unspecified atom stereocenters. The molecule has 4 nitrogen and oxygen atoms in total. The molecule has 0 amide bonds. The quantitative estimate of drug-likeness (QED) is 0.904. The van der Waals surface area contributed by atoms with Gasteiger partial charge in [0.1, 0.15) is 5.75 Å². The van der Waals surface area contributed by atoms with Gasteiger partial charge in [-0.3, -0.25) is 9.97 Å². The average molecular weight is 251 g/mol. The van der Waals surface area contributed by atoms with Gasteiger partial charge in [-0.05, 0) is 17.7 Å². The van der Waals surface area contributed by atoms with Crippen molar-refractivity contribution >= 4 is 0 Å². The summed E-state index contributed by atoms with van der Waals surface area (Å²) >= 11 is 0. The molecule has 2 N–H and O–H groups in total. The van der Waals surface area contributed by atoms with Crippen LogP contribution in [0.3, 0.4) is 0 Å². The summed E-state index contributed by atoms with van der Waals surface area (Å²) in [6.45, 7) is -2.83. The maximum Gasteiger partial charge on any atom is 0.387 e. The van der Waals surface area contributed by atoms with Crippen LogP contribution >= 0.6 is 0 Å². The lowest BCUT2D eigenvalue weighted by atomic mass is 10.1. The number of hydrogen-bond donors (Lipinski definition) is 1. The Kier molecular flexibility index (Phi) is 3.78. The molecular formula is C12H11F2N3O. The highest BCUT2D eigenvalue weighted by atomic mass is 19.3. The molecule has 2 aromatic rings. The van der Waals surface area contributed by atoms with Gasteiger partial charge >= 0.3 is 6.61 Å². The maximum absolute atomic E-state index is 12.0. The van der Waals surface area contributed by atoms with Crippen LogP contribution in [0.15, 0.2) is 42.9 Å². The summed E-state index contributed by atoms with van der Waals surface area (Å²) in [6.07, 6.45) is 4.66. The van der Waals surface area contributed by atoms with Crippen LogP contribution < -0.4 is 10.5 Å². The summed E-state index contributed by atoms with van der Waals surface area (Å²) in [5.41, 5.74) is 7.33. The molecule has 0 saturated carbocycles. The minimum atomic E-state index is -2.83. The predicted molar refractivity (Wildman–Crippen MR) is 61.1 cm³/mol. The fraction of sp³-hybridized carbons (Fsp3) is 0.167. The number of rotatable bonds is 4. The van der Waals surface area contributed by atoms with Crippen LogP contribution in [0.1, 0.15) is 17.3 Å². The standard InChI is InChI=1S/C12H11F2N3O/c13-12(14)18-9-3-1-8(2-4-9)11(15)10-7-16-5-6-17-10/h1-7,11-12H,15H2. The Morgan fingerprint density at radius 2 is 1.83 bits per heavy atom. The second-order valence-corrected chi connectivity index (χ2v) is 3.56. The lowest BCUT2D eigenvalue weighted by molar-refractivity contribution is -0.0498. The fourth-order valence-electron chi connectivity index (χ4n) is 1.50. The third kappa shape index (κ3) is 2.98. The molecule has 1 atom stereocenters. The van der Waals surface area contributed by atoms with E-state index in [9.17, 15) is 8.78 Å². The van der Waals surface area contributed by atoms with Gasteiger partial charge in [0, 0.05) is 12.4 Å². The van der Waals surface area contributed by atoms with Crippen molar-refractivity contribution in [2.75, 3.05) is 0 Å². The minimum absolute atomic E-state index is 0.0973. The second kappa shape index (κ2) is 5.50. The summed E-state index contributed by atoms with van der Waals surface area (Å²) < 4.78 is 28.2. The summed E-state index contributed by atoms with van der Waals surface area (Å²) in [6, 6.07) is 5.68. The minimum Gasteiger partial charge on any atom is -0.435 e. The van der Waals surface area contributed by atoms with Crippen molar-refractivity contribution in [2.45, 2.75) is 12.7 Å². The predicted octanol–water partition coefficient (Wildman–Crippen LogP) is 2.13. The third-order valence-electron chi connectivity index (χ3n) is 2.37. The molecule has 1 aromatic heterocycles. The lowest BCUT2D eigenvalue weighted by Gasteiger charge is -2.11. The summed E-state index contributed by atoms with van der Waals surface area (Å²) in [5.74, 6) is 0.0973. The first-order valence-electron chi connectivity index (χ1n) is 5.23. The largest absolute Gasteiger partial charge is 0.435 e. The van der Waals surface area contributed by atoms with Gasteiger partial charge in [0.15, 0.2) is 0 Å². The normalized spacial score (nSPS) is 12.4. The van der Waals surface area contributed by atoms with Crippen molar-refractivity contribution in [2.24, 2.45) is 5.73 Å². The van der Waals surface area contributed by atoms with E-state index in [0.717, 1.165) is 5.56 Å². The van der Waals surface area contributed by atoms with Gasteiger partial charge in [0.2, 0.25) is 0 Å². The maximum atomic E-state index is 12.0. The van der Waals surface area contributed by atoms with E-state index in [2.05, 4.69) is 14.7 Å². The Labute approximate surface area is 102 Å². The SMILES string of the molecule is NC(c1ccc(OC(F)F)cc1)c1cnccn1. The Morgan fingerprint density at radius 3 is 2.39 bits per heavy atom. The van der Waals surface area contributed by atoms with E-state index in [1.54, 1.807) is 30.7 Å². The van der Waals surface area contributed by atoms with Crippen LogP contribution in [-0.4, -0.2) is 16.6 Å². The fourth-order valence-corrected chi connectivity index (χ4v) is 1.50. The van der Waals surface area contributed by atoms with Crippen molar-refractivity contribution in [3.63, 3.8) is 0 Å². The Balaban J connectivity index is 2.14. The van der Waals surface area contributed by atoms with Crippen LogP contribution in [0.4, 0.5) is 8.78 Å². The number of nitrogens with zero attached hydrogens (tertiary/aromatic N) is 2. The van der Waals surface area contributed by atoms with E-state index in [-0.39, 0.29) is 5.75 Å². The van der Waals surface area contributed by atoms with Gasteiger partial charge in [-0.25, -0.2) is 0 Å². The van der Waals surface area contributed by atoms with E-state index < -0.39 is 12.7 Å². The molecule has 0 saturated heterocycles. The first kappa shape index (κ1) is 12.4. The van der Waals surface area contributed by atoms with E-state index in [4.69, 9.17) is 5.73 Å². The van der Waals surface area contributed by atoms with Crippen molar-refractivity contribution in [1.29, 1.82) is 0 Å². The van der Waals surface area contributed by atoms with Gasteiger partial charge in [-0.1, -0.05) is 12.1 Å². The molecule has 0 fully saturated rings. The van der Waals surface area contributed by atoms with E-state index in [1.807, 2.05) is 0 Å². The molecule has 0 aliphatic heterocycles. The molecule has 1 aromatic carbocycles. The monoisotopic (exact) mass is 251 g/mol. The molecule has 18 heavy (non-hydrogen) atoms. The number of nitrogens with two attached hydrogens (primary N) is 1. The molecule has 1 heterocycles. The highest BCUT2D eigenvalue weighted by molar-refractivity contribution is 5.32. The zero-order chi connectivity index (χ0) is 13.0. The van der Waals surface area contributed by atoms with Crippen molar-refractivity contribution in [3.8, 4) is 5.75 Å². The highest BCUT2D eigenvalue weighted by Gasteiger charge is 2.11. The zero-order valence-corrected chi connectivity index (χ0v) is 9.33. The van der Waals surface area contributed by atoms with Crippen molar-refractivity contribution in [3.05, 3.63) is 54.1 Å². The van der Waals surface area contributed by atoms with Crippen LogP contribution in [0, 0.1) is 0 Å². The first-order valence-corrected chi connectivity index (χ1v) is 5.23. The number of ether oxygens (including phenoxy) is 1. The molecule has 94 valence electrons.